The number of hydrogen-bond acceptors (Lipinski definition) is 3. The molecule has 0 saturated carbocycles. The molecule has 0 amide bonds. The zero-order valence-electron chi connectivity index (χ0n) is 11.0. The summed E-state index contributed by atoms with van der Waals surface area (Å²) in [5.41, 5.74) is -2.02. The number of carbonyl (C=O) groups excluding carboxylic acids is 1. The molecule has 110 valence electrons. The van der Waals surface area contributed by atoms with Crippen molar-refractivity contribution in [3.8, 4) is 0 Å². The maximum atomic E-state index is 13.6. The van der Waals surface area contributed by atoms with Crippen molar-refractivity contribution in [3.63, 3.8) is 0 Å². The Labute approximate surface area is 115 Å². The normalized spacial score (nSPS) is 26.5. The summed E-state index contributed by atoms with van der Waals surface area (Å²) in [6.45, 7) is 1.08. The molecule has 2 atom stereocenters. The van der Waals surface area contributed by atoms with Gasteiger partial charge in [0.05, 0.1) is 6.61 Å². The highest BCUT2D eigenvalue weighted by Crippen LogP contribution is 2.51. The van der Waals surface area contributed by atoms with Crippen molar-refractivity contribution in [3.05, 3.63) is 35.9 Å². The van der Waals surface area contributed by atoms with Gasteiger partial charge in [0, 0.05) is 19.0 Å². The van der Waals surface area contributed by atoms with E-state index in [0.29, 0.717) is 5.56 Å². The van der Waals surface area contributed by atoms with E-state index >= 15 is 0 Å². The summed E-state index contributed by atoms with van der Waals surface area (Å²) in [5, 5.41) is 2.69. The zero-order valence-corrected chi connectivity index (χ0v) is 11.0. The van der Waals surface area contributed by atoms with Gasteiger partial charge >= 0.3 is 12.1 Å². The lowest BCUT2D eigenvalue weighted by atomic mass is 9.73. The molecule has 0 spiro atoms. The van der Waals surface area contributed by atoms with Crippen LogP contribution in [0.4, 0.5) is 13.2 Å². The second kappa shape index (κ2) is 5.44. The summed E-state index contributed by atoms with van der Waals surface area (Å²) in [6, 6.07) is 8.28. The summed E-state index contributed by atoms with van der Waals surface area (Å²) < 4.78 is 45.5. The average Bonchev–Trinajstić information content (AvgIpc) is 2.85. The van der Waals surface area contributed by atoms with Crippen molar-refractivity contribution in [2.75, 3.05) is 19.7 Å². The van der Waals surface area contributed by atoms with E-state index in [1.807, 2.05) is 0 Å². The first kappa shape index (κ1) is 14.8. The van der Waals surface area contributed by atoms with Crippen LogP contribution >= 0.6 is 0 Å². The van der Waals surface area contributed by atoms with Crippen LogP contribution < -0.4 is 5.32 Å². The van der Waals surface area contributed by atoms with Gasteiger partial charge in [0.15, 0.2) is 5.41 Å². The molecular formula is C14H16F3NO2. The number of esters is 1. The monoisotopic (exact) mass is 287 g/mol. The maximum Gasteiger partial charge on any atom is 0.406 e. The molecule has 1 fully saturated rings. The Hall–Kier alpha value is -1.56. The molecule has 0 aromatic heterocycles. The molecule has 6 heteroatoms. The van der Waals surface area contributed by atoms with Gasteiger partial charge in [0.2, 0.25) is 0 Å². The van der Waals surface area contributed by atoms with Crippen LogP contribution in [0.1, 0.15) is 18.4 Å². The van der Waals surface area contributed by atoms with Crippen LogP contribution in [0.25, 0.3) is 0 Å². The Bertz CT molecular complexity index is 475. The predicted octanol–water partition coefficient (Wildman–Crippen LogP) is 2.49. The van der Waals surface area contributed by atoms with Crippen LogP contribution in [-0.2, 0) is 9.53 Å². The van der Waals surface area contributed by atoms with Crippen molar-refractivity contribution in [1.29, 1.82) is 0 Å². The Balaban J connectivity index is 2.47. The molecule has 0 unspecified atom stereocenters. The fraction of sp³-hybridized carbons (Fsp3) is 0.500. The molecule has 1 saturated heterocycles. The minimum atomic E-state index is -4.66. The summed E-state index contributed by atoms with van der Waals surface area (Å²) in [7, 11) is 0. The molecule has 1 aliphatic heterocycles. The topological polar surface area (TPSA) is 38.3 Å². The molecule has 3 nitrogen and oxygen atoms in total. The third-order valence-electron chi connectivity index (χ3n) is 3.69. The molecule has 1 N–H and O–H groups in total. The number of carbonyl (C=O) groups is 1. The third kappa shape index (κ3) is 2.28. The molecule has 0 bridgehead atoms. The van der Waals surface area contributed by atoms with E-state index in [1.165, 1.54) is 6.92 Å². The summed E-state index contributed by atoms with van der Waals surface area (Å²) >= 11 is 0. The highest BCUT2D eigenvalue weighted by molar-refractivity contribution is 5.80. The van der Waals surface area contributed by atoms with Crippen molar-refractivity contribution in [2.45, 2.75) is 19.0 Å². The van der Waals surface area contributed by atoms with Gasteiger partial charge < -0.3 is 10.1 Å². The number of alkyl halides is 3. The zero-order chi connectivity index (χ0) is 14.8. The van der Waals surface area contributed by atoms with E-state index in [4.69, 9.17) is 4.74 Å². The van der Waals surface area contributed by atoms with Crippen molar-refractivity contribution < 1.29 is 22.7 Å². The molecular weight excluding hydrogens is 271 g/mol. The van der Waals surface area contributed by atoms with E-state index in [9.17, 15) is 18.0 Å². The van der Waals surface area contributed by atoms with Gasteiger partial charge in [-0.3, -0.25) is 4.79 Å². The number of benzene rings is 1. The number of rotatable bonds is 3. The van der Waals surface area contributed by atoms with Gasteiger partial charge in [-0.2, -0.15) is 13.2 Å². The standard InChI is InChI=1S/C14H16F3NO2/c1-2-20-12(19)13(14(15,16)17)9-18-8-11(13)10-6-4-3-5-7-10/h3-7,11,18H,2,8-9H2,1H3/t11-,13-/m0/s1. The van der Waals surface area contributed by atoms with E-state index < -0.39 is 30.0 Å². The fourth-order valence-corrected chi connectivity index (χ4v) is 2.69. The van der Waals surface area contributed by atoms with Crippen molar-refractivity contribution in [2.24, 2.45) is 5.41 Å². The largest absolute Gasteiger partial charge is 0.465 e. The van der Waals surface area contributed by atoms with Crippen LogP contribution in [-0.4, -0.2) is 31.8 Å². The van der Waals surface area contributed by atoms with Crippen LogP contribution in [0.2, 0.25) is 0 Å². The van der Waals surface area contributed by atoms with Gasteiger partial charge in [0.25, 0.3) is 0 Å². The van der Waals surface area contributed by atoms with Gasteiger partial charge in [-0.25, -0.2) is 0 Å². The minimum absolute atomic E-state index is 0.0713. The molecule has 0 radical (unpaired) electrons. The van der Waals surface area contributed by atoms with Gasteiger partial charge in [-0.15, -0.1) is 0 Å². The van der Waals surface area contributed by atoms with Gasteiger partial charge in [0.1, 0.15) is 0 Å². The average molecular weight is 287 g/mol. The van der Waals surface area contributed by atoms with E-state index in [2.05, 4.69) is 5.32 Å². The van der Waals surface area contributed by atoms with E-state index in [-0.39, 0.29) is 13.2 Å². The molecule has 2 rings (SSSR count). The number of halogens is 3. The maximum absolute atomic E-state index is 13.6. The smallest absolute Gasteiger partial charge is 0.406 e. The number of hydrogen-bond donors (Lipinski definition) is 1. The summed E-state index contributed by atoms with van der Waals surface area (Å²) in [6.07, 6.45) is -4.66. The molecule has 20 heavy (non-hydrogen) atoms. The van der Waals surface area contributed by atoms with Gasteiger partial charge in [-0.1, -0.05) is 30.3 Å². The Morgan fingerprint density at radius 3 is 2.60 bits per heavy atom. The first-order valence-electron chi connectivity index (χ1n) is 6.43. The van der Waals surface area contributed by atoms with Crippen LogP contribution in [0, 0.1) is 5.41 Å². The highest BCUT2D eigenvalue weighted by atomic mass is 19.4. The predicted molar refractivity (Wildman–Crippen MR) is 67.2 cm³/mol. The second-order valence-corrected chi connectivity index (χ2v) is 4.78. The number of nitrogens with one attached hydrogen (secondary N) is 1. The summed E-state index contributed by atoms with van der Waals surface area (Å²) in [4.78, 5) is 12.0. The van der Waals surface area contributed by atoms with E-state index in [1.54, 1.807) is 30.3 Å². The first-order chi connectivity index (χ1) is 9.43. The first-order valence-corrected chi connectivity index (χ1v) is 6.43. The molecule has 1 aromatic rings. The Morgan fingerprint density at radius 1 is 1.40 bits per heavy atom. The Morgan fingerprint density at radius 2 is 2.05 bits per heavy atom. The lowest BCUT2D eigenvalue weighted by molar-refractivity contribution is -0.233. The molecule has 1 aromatic carbocycles. The molecule has 1 aliphatic rings. The quantitative estimate of drug-likeness (QED) is 0.868. The van der Waals surface area contributed by atoms with Crippen LogP contribution in [0.3, 0.4) is 0 Å². The SMILES string of the molecule is CCOC(=O)[C@]1(C(F)(F)F)CNC[C@H]1c1ccccc1. The second-order valence-electron chi connectivity index (χ2n) is 4.78. The van der Waals surface area contributed by atoms with Crippen molar-refractivity contribution >= 4 is 5.97 Å². The lowest BCUT2D eigenvalue weighted by Gasteiger charge is -2.34. The van der Waals surface area contributed by atoms with E-state index in [0.717, 1.165) is 0 Å². The Kier molecular flexibility index (Phi) is 4.04. The minimum Gasteiger partial charge on any atom is -0.465 e. The summed E-state index contributed by atoms with van der Waals surface area (Å²) in [5.74, 6) is -2.17. The molecule has 1 heterocycles. The third-order valence-corrected chi connectivity index (χ3v) is 3.69. The fourth-order valence-electron chi connectivity index (χ4n) is 2.69. The van der Waals surface area contributed by atoms with Crippen molar-refractivity contribution in [1.82, 2.24) is 5.32 Å². The van der Waals surface area contributed by atoms with Crippen LogP contribution in [0.15, 0.2) is 30.3 Å². The lowest BCUT2D eigenvalue weighted by Crippen LogP contribution is -2.51. The van der Waals surface area contributed by atoms with Crippen LogP contribution in [0.5, 0.6) is 0 Å². The van der Waals surface area contributed by atoms with Gasteiger partial charge in [-0.05, 0) is 12.5 Å². The highest BCUT2D eigenvalue weighted by Gasteiger charge is 2.67. The number of ether oxygens (including phenoxy) is 1. The molecule has 0 aliphatic carbocycles.